The molecule has 0 heterocycles. The minimum atomic E-state index is -0.893. The highest BCUT2D eigenvalue weighted by molar-refractivity contribution is 5.89. The molecule has 0 rings (SSSR count). The predicted octanol–water partition coefficient (Wildman–Crippen LogP) is -2.52. The molecule has 0 aliphatic heterocycles. The van der Waals surface area contributed by atoms with E-state index in [1.807, 2.05) is 5.32 Å². The van der Waals surface area contributed by atoms with E-state index < -0.39 is 11.9 Å². The number of carbonyl (C=O) groups is 2. The van der Waals surface area contributed by atoms with Gasteiger partial charge in [-0.15, -0.1) is 0 Å². The maximum absolute atomic E-state index is 10.5. The van der Waals surface area contributed by atoms with Crippen molar-refractivity contribution >= 4 is 12.3 Å². The zero-order chi connectivity index (χ0) is 7.98. The molecular formula is C4H9N3O3. The molecule has 2 amide bonds. The van der Waals surface area contributed by atoms with Gasteiger partial charge >= 0.3 is 0 Å². The van der Waals surface area contributed by atoms with Gasteiger partial charge in [0.2, 0.25) is 12.3 Å². The van der Waals surface area contributed by atoms with Crippen molar-refractivity contribution in [2.24, 2.45) is 11.6 Å². The van der Waals surface area contributed by atoms with Gasteiger partial charge in [-0.05, 0) is 0 Å². The average Bonchev–Trinajstić information content (AvgIpc) is 1.89. The molecule has 0 spiro atoms. The lowest BCUT2D eigenvalue weighted by atomic mass is 10.3. The van der Waals surface area contributed by atoms with Gasteiger partial charge in [-0.25, -0.2) is 5.90 Å². The molecule has 0 saturated carbocycles. The molecule has 0 aromatic heterocycles. The number of carbonyl (C=O) groups excluding carboxylic acids is 2. The zero-order valence-electron chi connectivity index (χ0n) is 5.24. The third-order valence-corrected chi connectivity index (χ3v) is 0.814. The van der Waals surface area contributed by atoms with Crippen molar-refractivity contribution in [3.63, 3.8) is 0 Å². The smallest absolute Gasteiger partial charge is 0.245 e. The Morgan fingerprint density at radius 1 is 1.80 bits per heavy atom. The predicted molar refractivity (Wildman–Crippen MR) is 32.3 cm³/mol. The van der Waals surface area contributed by atoms with Crippen LogP contribution in [0.25, 0.3) is 0 Å². The number of hydrogen-bond acceptors (Lipinski definition) is 5. The topological polar surface area (TPSA) is 107 Å². The van der Waals surface area contributed by atoms with Crippen LogP contribution in [0.1, 0.15) is 0 Å². The van der Waals surface area contributed by atoms with E-state index in [4.69, 9.17) is 5.73 Å². The fraction of sp³-hybridized carbons (Fsp3) is 0.500. The summed E-state index contributed by atoms with van der Waals surface area (Å²) < 4.78 is 0. The minimum absolute atomic E-state index is 0.111. The summed E-state index contributed by atoms with van der Waals surface area (Å²) in [5, 5.41) is 1.85. The van der Waals surface area contributed by atoms with Crippen LogP contribution in [0.5, 0.6) is 0 Å². The molecule has 1 unspecified atom stereocenters. The first-order valence-electron chi connectivity index (χ1n) is 2.53. The van der Waals surface area contributed by atoms with Crippen LogP contribution in [0, 0.1) is 0 Å². The molecule has 1 atom stereocenters. The van der Waals surface area contributed by atoms with Gasteiger partial charge in [-0.1, -0.05) is 0 Å². The number of nitrogens with one attached hydrogen (secondary N) is 1. The van der Waals surface area contributed by atoms with Gasteiger partial charge in [0.25, 0.3) is 0 Å². The van der Waals surface area contributed by atoms with Gasteiger partial charge in [-0.3, -0.25) is 14.9 Å². The number of amides is 2. The Morgan fingerprint density at radius 2 is 2.40 bits per heavy atom. The van der Waals surface area contributed by atoms with Gasteiger partial charge in [0.15, 0.2) is 0 Å². The molecule has 58 valence electrons. The van der Waals surface area contributed by atoms with Crippen molar-refractivity contribution in [2.45, 2.75) is 6.04 Å². The van der Waals surface area contributed by atoms with Crippen LogP contribution in [0.3, 0.4) is 0 Å². The van der Waals surface area contributed by atoms with E-state index in [-0.39, 0.29) is 13.0 Å². The van der Waals surface area contributed by atoms with Gasteiger partial charge in [0.1, 0.15) is 6.04 Å². The summed E-state index contributed by atoms with van der Waals surface area (Å²) in [5.74, 6) is 4.00. The monoisotopic (exact) mass is 147 g/mol. The third kappa shape index (κ3) is 3.13. The average molecular weight is 147 g/mol. The molecule has 6 heteroatoms. The van der Waals surface area contributed by atoms with Gasteiger partial charge in [0, 0.05) is 0 Å². The molecule has 0 aromatic carbocycles. The van der Waals surface area contributed by atoms with E-state index in [2.05, 4.69) is 10.7 Å². The Balaban J connectivity index is 3.58. The Bertz CT molecular complexity index is 127. The molecule has 5 N–H and O–H groups in total. The van der Waals surface area contributed by atoms with Crippen molar-refractivity contribution in [3.05, 3.63) is 0 Å². The highest BCUT2D eigenvalue weighted by atomic mass is 16.6. The van der Waals surface area contributed by atoms with Crippen molar-refractivity contribution < 1.29 is 14.4 Å². The standard InChI is InChI=1S/C4H9N3O3/c5-3(1-10-6)4(9)7-2-8/h2-3H,1,5-6H2,(H,7,8,9). The number of imide groups is 1. The lowest BCUT2D eigenvalue weighted by Crippen LogP contribution is -2.43. The summed E-state index contributed by atoms with van der Waals surface area (Å²) in [6.45, 7) is -0.111. The summed E-state index contributed by atoms with van der Waals surface area (Å²) in [4.78, 5) is 24.3. The first-order valence-corrected chi connectivity index (χ1v) is 2.53. The molecule has 0 aliphatic rings. The number of nitrogens with two attached hydrogens (primary N) is 2. The van der Waals surface area contributed by atoms with E-state index in [9.17, 15) is 9.59 Å². The van der Waals surface area contributed by atoms with Crippen LogP contribution in [-0.4, -0.2) is 25.0 Å². The normalized spacial score (nSPS) is 12.2. The van der Waals surface area contributed by atoms with Gasteiger partial charge in [0.05, 0.1) is 6.61 Å². The summed E-state index contributed by atoms with van der Waals surface area (Å²) in [6, 6.07) is -0.893. The lowest BCUT2D eigenvalue weighted by Gasteiger charge is -2.05. The summed E-state index contributed by atoms with van der Waals surface area (Å²) in [7, 11) is 0. The van der Waals surface area contributed by atoms with Crippen molar-refractivity contribution in [3.8, 4) is 0 Å². The Labute approximate surface area is 57.5 Å². The second-order valence-electron chi connectivity index (χ2n) is 1.57. The highest BCUT2D eigenvalue weighted by Gasteiger charge is 2.11. The summed E-state index contributed by atoms with van der Waals surface area (Å²) in [6.07, 6.45) is 0.249. The van der Waals surface area contributed by atoms with E-state index in [1.165, 1.54) is 0 Å². The summed E-state index contributed by atoms with van der Waals surface area (Å²) >= 11 is 0. The van der Waals surface area contributed by atoms with Gasteiger partial charge in [-0.2, -0.15) is 0 Å². The van der Waals surface area contributed by atoms with Crippen LogP contribution in [0.15, 0.2) is 0 Å². The second-order valence-corrected chi connectivity index (χ2v) is 1.57. The van der Waals surface area contributed by atoms with Crippen molar-refractivity contribution in [1.82, 2.24) is 5.32 Å². The molecule has 0 aliphatic carbocycles. The quantitative estimate of drug-likeness (QED) is 0.300. The largest absolute Gasteiger partial charge is 0.318 e. The Morgan fingerprint density at radius 3 is 2.80 bits per heavy atom. The van der Waals surface area contributed by atoms with Crippen LogP contribution in [-0.2, 0) is 14.4 Å². The molecule has 0 radical (unpaired) electrons. The van der Waals surface area contributed by atoms with E-state index in [0.29, 0.717) is 0 Å². The molecular weight excluding hydrogens is 138 g/mol. The number of rotatable bonds is 4. The first-order chi connectivity index (χ1) is 4.72. The van der Waals surface area contributed by atoms with Crippen LogP contribution in [0.4, 0.5) is 0 Å². The van der Waals surface area contributed by atoms with Crippen LogP contribution < -0.4 is 16.9 Å². The maximum atomic E-state index is 10.5. The second kappa shape index (κ2) is 4.86. The van der Waals surface area contributed by atoms with E-state index >= 15 is 0 Å². The van der Waals surface area contributed by atoms with Crippen molar-refractivity contribution in [1.29, 1.82) is 0 Å². The van der Waals surface area contributed by atoms with Crippen LogP contribution in [0.2, 0.25) is 0 Å². The molecule has 0 saturated heterocycles. The maximum Gasteiger partial charge on any atom is 0.245 e. The molecule has 6 nitrogen and oxygen atoms in total. The highest BCUT2D eigenvalue weighted by Crippen LogP contribution is 1.76. The first kappa shape index (κ1) is 9.02. The van der Waals surface area contributed by atoms with Gasteiger partial charge < -0.3 is 10.6 Å². The fourth-order valence-electron chi connectivity index (χ4n) is 0.344. The lowest BCUT2D eigenvalue weighted by molar-refractivity contribution is -0.127. The molecule has 0 fully saturated rings. The van der Waals surface area contributed by atoms with E-state index in [0.717, 1.165) is 0 Å². The number of hydrogen-bond donors (Lipinski definition) is 3. The zero-order valence-corrected chi connectivity index (χ0v) is 5.24. The fourth-order valence-corrected chi connectivity index (χ4v) is 0.344. The Kier molecular flexibility index (Phi) is 4.38. The van der Waals surface area contributed by atoms with E-state index in [1.54, 1.807) is 0 Å². The minimum Gasteiger partial charge on any atom is -0.318 e. The SMILES string of the molecule is NOCC(N)C(=O)NC=O. The Hall–Kier alpha value is -0.980. The third-order valence-electron chi connectivity index (χ3n) is 0.814. The molecule has 0 bridgehead atoms. The van der Waals surface area contributed by atoms with Crippen molar-refractivity contribution in [2.75, 3.05) is 6.61 Å². The molecule has 10 heavy (non-hydrogen) atoms. The summed E-state index contributed by atoms with van der Waals surface area (Å²) in [5.41, 5.74) is 5.14. The van der Waals surface area contributed by atoms with Crippen LogP contribution >= 0.6 is 0 Å². The molecule has 0 aromatic rings.